The average Bonchev–Trinajstić information content (AvgIpc) is 2.71. The second kappa shape index (κ2) is 3.27. The molecule has 0 aliphatic rings. The largest absolute Gasteiger partial charge is 0.477 e. The van der Waals surface area contributed by atoms with Gasteiger partial charge in [-0.25, -0.2) is 9.78 Å². The molecule has 0 saturated heterocycles. The van der Waals surface area contributed by atoms with E-state index < -0.39 is 5.97 Å². The molecule has 78 valence electrons. The van der Waals surface area contributed by atoms with Gasteiger partial charge in [0.15, 0.2) is 11.7 Å². The lowest BCUT2D eigenvalue weighted by molar-refractivity contribution is 0.0690. The standard InChI is InChI=1S/C10H10N2O3/c1-5-3-7(12-9(5)10(13)14)8-4-11-6(2)15-8/h3-4,12H,1-2H3,(H,13,14). The second-order valence-corrected chi connectivity index (χ2v) is 3.29. The maximum atomic E-state index is 10.8. The van der Waals surface area contributed by atoms with E-state index in [1.54, 1.807) is 26.1 Å². The van der Waals surface area contributed by atoms with Crippen molar-refractivity contribution in [3.63, 3.8) is 0 Å². The minimum atomic E-state index is -0.977. The third-order valence-electron chi connectivity index (χ3n) is 2.12. The number of nitrogens with zero attached hydrogens (tertiary/aromatic N) is 1. The Balaban J connectivity index is 2.46. The number of aromatic nitrogens is 2. The van der Waals surface area contributed by atoms with Gasteiger partial charge in [0.2, 0.25) is 0 Å². The molecule has 0 spiro atoms. The molecule has 0 amide bonds. The van der Waals surface area contributed by atoms with E-state index in [4.69, 9.17) is 9.52 Å². The zero-order chi connectivity index (χ0) is 11.0. The first kappa shape index (κ1) is 9.51. The fourth-order valence-electron chi connectivity index (χ4n) is 1.40. The Morgan fingerprint density at radius 1 is 1.53 bits per heavy atom. The lowest BCUT2D eigenvalue weighted by Crippen LogP contribution is -1.98. The van der Waals surface area contributed by atoms with Crippen LogP contribution in [0.2, 0.25) is 0 Å². The molecule has 0 atom stereocenters. The molecular weight excluding hydrogens is 196 g/mol. The van der Waals surface area contributed by atoms with Gasteiger partial charge < -0.3 is 14.5 Å². The molecular formula is C10H10N2O3. The molecule has 0 bridgehead atoms. The van der Waals surface area contributed by atoms with Crippen LogP contribution in [-0.2, 0) is 0 Å². The van der Waals surface area contributed by atoms with Crippen molar-refractivity contribution < 1.29 is 14.3 Å². The lowest BCUT2D eigenvalue weighted by atomic mass is 10.2. The Kier molecular flexibility index (Phi) is 2.07. The van der Waals surface area contributed by atoms with Crippen LogP contribution in [0.15, 0.2) is 16.7 Å². The Bertz CT molecular complexity index is 510. The topological polar surface area (TPSA) is 79.1 Å². The molecule has 0 saturated carbocycles. The van der Waals surface area contributed by atoms with E-state index in [2.05, 4.69) is 9.97 Å². The van der Waals surface area contributed by atoms with Gasteiger partial charge in [-0.3, -0.25) is 0 Å². The molecule has 5 heteroatoms. The summed E-state index contributed by atoms with van der Waals surface area (Å²) in [6.45, 7) is 3.46. The number of aromatic carboxylic acids is 1. The summed E-state index contributed by atoms with van der Waals surface area (Å²) < 4.78 is 5.28. The molecule has 0 fully saturated rings. The van der Waals surface area contributed by atoms with Gasteiger partial charge in [-0.15, -0.1) is 0 Å². The first-order chi connectivity index (χ1) is 7.08. The Hall–Kier alpha value is -2.04. The van der Waals surface area contributed by atoms with Crippen LogP contribution in [0.4, 0.5) is 0 Å². The highest BCUT2D eigenvalue weighted by molar-refractivity contribution is 5.88. The number of rotatable bonds is 2. The molecule has 15 heavy (non-hydrogen) atoms. The first-order valence-corrected chi connectivity index (χ1v) is 4.43. The smallest absolute Gasteiger partial charge is 0.352 e. The van der Waals surface area contributed by atoms with Crippen molar-refractivity contribution >= 4 is 5.97 Å². The quantitative estimate of drug-likeness (QED) is 0.787. The molecule has 0 aliphatic heterocycles. The van der Waals surface area contributed by atoms with E-state index in [-0.39, 0.29) is 5.69 Å². The van der Waals surface area contributed by atoms with Crippen molar-refractivity contribution in [2.45, 2.75) is 13.8 Å². The number of hydrogen-bond acceptors (Lipinski definition) is 3. The van der Waals surface area contributed by atoms with E-state index in [0.29, 0.717) is 22.9 Å². The Labute approximate surface area is 85.8 Å². The second-order valence-electron chi connectivity index (χ2n) is 3.29. The summed E-state index contributed by atoms with van der Waals surface area (Å²) in [7, 11) is 0. The zero-order valence-electron chi connectivity index (χ0n) is 8.37. The van der Waals surface area contributed by atoms with Crippen molar-refractivity contribution in [1.29, 1.82) is 0 Å². The number of oxazole rings is 1. The third kappa shape index (κ3) is 1.63. The summed E-state index contributed by atoms with van der Waals surface area (Å²) in [5.74, 6) is 0.118. The van der Waals surface area contributed by atoms with Crippen LogP contribution in [0.5, 0.6) is 0 Å². The number of carboxylic acid groups (broad SMARTS) is 1. The molecule has 0 radical (unpaired) electrons. The van der Waals surface area contributed by atoms with Gasteiger partial charge >= 0.3 is 5.97 Å². The average molecular weight is 206 g/mol. The summed E-state index contributed by atoms with van der Waals surface area (Å²) in [6.07, 6.45) is 1.56. The predicted octanol–water partition coefficient (Wildman–Crippen LogP) is 1.98. The van der Waals surface area contributed by atoms with Crippen LogP contribution in [0.25, 0.3) is 11.5 Å². The monoisotopic (exact) mass is 206 g/mol. The van der Waals surface area contributed by atoms with E-state index in [1.165, 1.54) is 0 Å². The predicted molar refractivity (Wildman–Crippen MR) is 52.7 cm³/mol. The summed E-state index contributed by atoms with van der Waals surface area (Å²) in [6, 6.07) is 1.73. The number of aromatic amines is 1. The van der Waals surface area contributed by atoms with E-state index >= 15 is 0 Å². The minimum Gasteiger partial charge on any atom is -0.477 e. The number of H-pyrrole nitrogens is 1. The third-order valence-corrected chi connectivity index (χ3v) is 2.12. The Morgan fingerprint density at radius 2 is 2.27 bits per heavy atom. The SMILES string of the molecule is Cc1ncc(-c2cc(C)c(C(=O)O)[nH]2)o1. The number of hydrogen-bond donors (Lipinski definition) is 2. The lowest BCUT2D eigenvalue weighted by Gasteiger charge is -1.90. The first-order valence-electron chi connectivity index (χ1n) is 4.43. The van der Waals surface area contributed by atoms with Gasteiger partial charge in [-0.1, -0.05) is 0 Å². The summed E-state index contributed by atoms with van der Waals surface area (Å²) in [5, 5.41) is 8.85. The molecule has 2 N–H and O–H groups in total. The van der Waals surface area contributed by atoms with E-state index in [0.717, 1.165) is 0 Å². The fourth-order valence-corrected chi connectivity index (χ4v) is 1.40. The number of aryl methyl sites for hydroxylation is 2. The Morgan fingerprint density at radius 3 is 2.73 bits per heavy atom. The number of carbonyl (C=O) groups is 1. The van der Waals surface area contributed by atoms with E-state index in [1.807, 2.05) is 0 Å². The van der Waals surface area contributed by atoms with Crippen LogP contribution < -0.4 is 0 Å². The molecule has 0 aliphatic carbocycles. The van der Waals surface area contributed by atoms with Crippen LogP contribution in [-0.4, -0.2) is 21.0 Å². The molecule has 2 aromatic rings. The minimum absolute atomic E-state index is 0.180. The number of nitrogens with one attached hydrogen (secondary N) is 1. The number of carboxylic acids is 1. The maximum Gasteiger partial charge on any atom is 0.352 e. The zero-order valence-corrected chi connectivity index (χ0v) is 8.37. The van der Waals surface area contributed by atoms with Crippen LogP contribution in [0.1, 0.15) is 21.9 Å². The van der Waals surface area contributed by atoms with Crippen LogP contribution >= 0.6 is 0 Å². The summed E-state index contributed by atoms with van der Waals surface area (Å²) >= 11 is 0. The summed E-state index contributed by atoms with van der Waals surface area (Å²) in [5.41, 5.74) is 1.48. The molecule has 2 heterocycles. The van der Waals surface area contributed by atoms with Crippen LogP contribution in [0, 0.1) is 13.8 Å². The molecule has 2 rings (SSSR count). The van der Waals surface area contributed by atoms with Crippen molar-refractivity contribution in [1.82, 2.24) is 9.97 Å². The molecule has 0 unspecified atom stereocenters. The fraction of sp³-hybridized carbons (Fsp3) is 0.200. The normalized spacial score (nSPS) is 10.5. The molecule has 0 aromatic carbocycles. The van der Waals surface area contributed by atoms with Gasteiger partial charge in [-0.05, 0) is 18.6 Å². The van der Waals surface area contributed by atoms with Crippen molar-refractivity contribution in [2.75, 3.05) is 0 Å². The molecule has 5 nitrogen and oxygen atoms in total. The van der Waals surface area contributed by atoms with Gasteiger partial charge in [0, 0.05) is 6.92 Å². The van der Waals surface area contributed by atoms with Crippen molar-refractivity contribution in [2.24, 2.45) is 0 Å². The van der Waals surface area contributed by atoms with Crippen LogP contribution in [0.3, 0.4) is 0 Å². The van der Waals surface area contributed by atoms with Crippen molar-refractivity contribution in [3.8, 4) is 11.5 Å². The van der Waals surface area contributed by atoms with Gasteiger partial charge in [0.05, 0.1) is 11.9 Å². The van der Waals surface area contributed by atoms with Gasteiger partial charge in [-0.2, -0.15) is 0 Å². The van der Waals surface area contributed by atoms with E-state index in [9.17, 15) is 4.79 Å². The van der Waals surface area contributed by atoms with Crippen molar-refractivity contribution in [3.05, 3.63) is 29.4 Å². The van der Waals surface area contributed by atoms with Gasteiger partial charge in [0.25, 0.3) is 0 Å². The highest BCUT2D eigenvalue weighted by atomic mass is 16.4. The summed E-state index contributed by atoms with van der Waals surface area (Å²) in [4.78, 5) is 17.5. The molecule has 2 aromatic heterocycles. The highest BCUT2D eigenvalue weighted by Crippen LogP contribution is 2.22. The maximum absolute atomic E-state index is 10.8. The highest BCUT2D eigenvalue weighted by Gasteiger charge is 2.14. The van der Waals surface area contributed by atoms with Gasteiger partial charge in [0.1, 0.15) is 5.69 Å².